The molecule has 3 heteroatoms. The number of benzene rings is 1. The van der Waals surface area contributed by atoms with Gasteiger partial charge in [0.25, 0.3) is 0 Å². The van der Waals surface area contributed by atoms with E-state index in [0.717, 1.165) is 24.4 Å². The normalized spacial score (nSPS) is 11.6. The van der Waals surface area contributed by atoms with Crippen molar-refractivity contribution in [1.82, 2.24) is 9.97 Å². The van der Waals surface area contributed by atoms with Crippen molar-refractivity contribution < 1.29 is 0 Å². The number of nitrogens with zero attached hydrogens (tertiary/aromatic N) is 2. The van der Waals surface area contributed by atoms with Crippen molar-refractivity contribution in [2.75, 3.05) is 0 Å². The maximum absolute atomic E-state index is 6.11. The summed E-state index contributed by atoms with van der Waals surface area (Å²) in [6, 6.07) is 12.2. The molecule has 0 unspecified atom stereocenters. The quantitative estimate of drug-likeness (QED) is 0.765. The number of halogens is 1. The third kappa shape index (κ3) is 2.64. The van der Waals surface area contributed by atoms with Gasteiger partial charge in [-0.05, 0) is 31.4 Å². The molecule has 0 radical (unpaired) electrons. The molecular formula is C16H19ClN2. The van der Waals surface area contributed by atoms with Gasteiger partial charge in [0.2, 0.25) is 0 Å². The molecule has 0 aliphatic carbocycles. The summed E-state index contributed by atoms with van der Waals surface area (Å²) in [4.78, 5) is 9.11. The minimum absolute atomic E-state index is 0.156. The van der Waals surface area contributed by atoms with Gasteiger partial charge < -0.3 is 0 Å². The minimum atomic E-state index is -0.156. The van der Waals surface area contributed by atoms with Gasteiger partial charge >= 0.3 is 0 Å². The van der Waals surface area contributed by atoms with Crippen LogP contribution in [0, 0.1) is 6.92 Å². The fraction of sp³-hybridized carbons (Fsp3) is 0.375. The first-order valence-electron chi connectivity index (χ1n) is 6.69. The molecule has 0 fully saturated rings. The Morgan fingerprint density at radius 3 is 2.21 bits per heavy atom. The van der Waals surface area contributed by atoms with Gasteiger partial charge in [0.05, 0.1) is 5.41 Å². The van der Waals surface area contributed by atoms with Gasteiger partial charge in [0, 0.05) is 5.69 Å². The van der Waals surface area contributed by atoms with Crippen LogP contribution in [-0.2, 0) is 5.41 Å². The number of hydrogen-bond donors (Lipinski definition) is 0. The van der Waals surface area contributed by atoms with Gasteiger partial charge in [-0.2, -0.15) is 0 Å². The van der Waals surface area contributed by atoms with Crippen LogP contribution in [0.25, 0.3) is 0 Å². The fourth-order valence-electron chi connectivity index (χ4n) is 2.60. The van der Waals surface area contributed by atoms with E-state index in [0.29, 0.717) is 5.15 Å². The zero-order valence-electron chi connectivity index (χ0n) is 11.7. The van der Waals surface area contributed by atoms with Crippen LogP contribution in [0.3, 0.4) is 0 Å². The lowest BCUT2D eigenvalue weighted by Crippen LogP contribution is -2.29. The van der Waals surface area contributed by atoms with Crippen LogP contribution in [0.4, 0.5) is 0 Å². The van der Waals surface area contributed by atoms with Gasteiger partial charge in [-0.15, -0.1) is 0 Å². The first-order valence-corrected chi connectivity index (χ1v) is 7.07. The fourth-order valence-corrected chi connectivity index (χ4v) is 2.84. The topological polar surface area (TPSA) is 25.8 Å². The second kappa shape index (κ2) is 5.70. The van der Waals surface area contributed by atoms with Crippen molar-refractivity contribution in [3.05, 3.63) is 58.6 Å². The summed E-state index contributed by atoms with van der Waals surface area (Å²) in [5.41, 5.74) is 2.01. The molecule has 0 spiro atoms. The van der Waals surface area contributed by atoms with Crippen LogP contribution >= 0.6 is 11.6 Å². The van der Waals surface area contributed by atoms with Gasteiger partial charge in [0.15, 0.2) is 0 Å². The highest BCUT2D eigenvalue weighted by atomic mass is 35.5. The van der Waals surface area contributed by atoms with Crippen LogP contribution in [0.5, 0.6) is 0 Å². The predicted octanol–water partition coefficient (Wildman–Crippen LogP) is 4.54. The Morgan fingerprint density at radius 2 is 1.68 bits per heavy atom. The Hall–Kier alpha value is -1.41. The van der Waals surface area contributed by atoms with Crippen LogP contribution in [-0.4, -0.2) is 9.97 Å². The van der Waals surface area contributed by atoms with Crippen LogP contribution < -0.4 is 0 Å². The standard InChI is InChI=1S/C16H19ClN2/c1-4-16(5-2,13-9-7-6-8-10-13)15-18-12(3)11-14(17)19-15/h6-11H,4-5H2,1-3H3. The number of aromatic nitrogens is 2. The summed E-state index contributed by atoms with van der Waals surface area (Å²) in [7, 11) is 0. The molecule has 0 aliphatic heterocycles. The van der Waals surface area contributed by atoms with Crippen molar-refractivity contribution in [3.63, 3.8) is 0 Å². The Labute approximate surface area is 119 Å². The average molecular weight is 275 g/mol. The highest BCUT2D eigenvalue weighted by molar-refractivity contribution is 6.29. The molecule has 2 aromatic rings. The molecule has 100 valence electrons. The van der Waals surface area contributed by atoms with E-state index in [4.69, 9.17) is 11.6 Å². The molecular weight excluding hydrogens is 256 g/mol. The van der Waals surface area contributed by atoms with E-state index in [1.165, 1.54) is 5.56 Å². The summed E-state index contributed by atoms with van der Waals surface area (Å²) in [6.45, 7) is 6.31. The van der Waals surface area contributed by atoms with Crippen molar-refractivity contribution >= 4 is 11.6 Å². The van der Waals surface area contributed by atoms with Gasteiger partial charge in [0.1, 0.15) is 11.0 Å². The monoisotopic (exact) mass is 274 g/mol. The summed E-state index contributed by atoms with van der Waals surface area (Å²) in [6.07, 6.45) is 1.90. The Bertz CT molecular complexity index is 528. The summed E-state index contributed by atoms with van der Waals surface area (Å²) in [5, 5.41) is 0.518. The third-order valence-electron chi connectivity index (χ3n) is 3.78. The molecule has 19 heavy (non-hydrogen) atoms. The lowest BCUT2D eigenvalue weighted by Gasteiger charge is -2.31. The first kappa shape index (κ1) is 14.0. The molecule has 0 atom stereocenters. The Balaban J connectivity index is 2.62. The maximum Gasteiger partial charge on any atom is 0.140 e. The minimum Gasteiger partial charge on any atom is -0.237 e. The Morgan fingerprint density at radius 1 is 1.05 bits per heavy atom. The average Bonchev–Trinajstić information content (AvgIpc) is 2.41. The zero-order chi connectivity index (χ0) is 13.9. The third-order valence-corrected chi connectivity index (χ3v) is 3.98. The van der Waals surface area contributed by atoms with E-state index in [1.807, 2.05) is 13.0 Å². The van der Waals surface area contributed by atoms with E-state index in [2.05, 4.69) is 48.1 Å². The molecule has 2 nitrogen and oxygen atoms in total. The van der Waals surface area contributed by atoms with E-state index >= 15 is 0 Å². The van der Waals surface area contributed by atoms with E-state index in [1.54, 1.807) is 6.07 Å². The van der Waals surface area contributed by atoms with Crippen LogP contribution in [0.1, 0.15) is 43.8 Å². The van der Waals surface area contributed by atoms with Gasteiger partial charge in [-0.3, -0.25) is 0 Å². The van der Waals surface area contributed by atoms with Crippen LogP contribution in [0.2, 0.25) is 5.15 Å². The zero-order valence-corrected chi connectivity index (χ0v) is 12.4. The predicted molar refractivity (Wildman–Crippen MR) is 79.6 cm³/mol. The lowest BCUT2D eigenvalue weighted by atomic mass is 9.75. The van der Waals surface area contributed by atoms with Crippen molar-refractivity contribution in [3.8, 4) is 0 Å². The van der Waals surface area contributed by atoms with E-state index in [-0.39, 0.29) is 5.41 Å². The number of rotatable bonds is 4. The molecule has 1 aromatic carbocycles. The van der Waals surface area contributed by atoms with Crippen LogP contribution in [0.15, 0.2) is 36.4 Å². The van der Waals surface area contributed by atoms with Crippen molar-refractivity contribution in [2.24, 2.45) is 0 Å². The molecule has 0 N–H and O–H groups in total. The molecule has 0 aliphatic rings. The number of aryl methyl sites for hydroxylation is 1. The SMILES string of the molecule is CCC(CC)(c1ccccc1)c1nc(C)cc(Cl)n1. The maximum atomic E-state index is 6.11. The summed E-state index contributed by atoms with van der Waals surface area (Å²) < 4.78 is 0. The molecule has 0 amide bonds. The van der Waals surface area contributed by atoms with Crippen molar-refractivity contribution in [2.45, 2.75) is 39.0 Å². The van der Waals surface area contributed by atoms with E-state index in [9.17, 15) is 0 Å². The Kier molecular flexibility index (Phi) is 4.20. The highest BCUT2D eigenvalue weighted by Gasteiger charge is 2.33. The van der Waals surface area contributed by atoms with Gasteiger partial charge in [-0.1, -0.05) is 55.8 Å². The lowest BCUT2D eigenvalue weighted by molar-refractivity contribution is 0.448. The largest absolute Gasteiger partial charge is 0.237 e. The number of hydrogen-bond acceptors (Lipinski definition) is 2. The molecule has 1 aromatic heterocycles. The first-order chi connectivity index (χ1) is 9.12. The van der Waals surface area contributed by atoms with Gasteiger partial charge in [-0.25, -0.2) is 9.97 Å². The molecule has 0 saturated heterocycles. The van der Waals surface area contributed by atoms with Crippen molar-refractivity contribution in [1.29, 1.82) is 0 Å². The second-order valence-corrected chi connectivity index (χ2v) is 5.20. The van der Waals surface area contributed by atoms with E-state index < -0.39 is 0 Å². The molecule has 1 heterocycles. The highest BCUT2D eigenvalue weighted by Crippen LogP contribution is 2.37. The molecule has 0 bridgehead atoms. The molecule has 0 saturated carbocycles. The summed E-state index contributed by atoms with van der Waals surface area (Å²) >= 11 is 6.11. The summed E-state index contributed by atoms with van der Waals surface area (Å²) in [5.74, 6) is 0.828. The smallest absolute Gasteiger partial charge is 0.140 e. The molecule has 2 rings (SSSR count). The second-order valence-electron chi connectivity index (χ2n) is 4.81.